The van der Waals surface area contributed by atoms with Crippen LogP contribution >= 0.6 is 23.4 Å². The minimum absolute atomic E-state index is 0.391. The Morgan fingerprint density at radius 3 is 2.65 bits per heavy atom. The van der Waals surface area contributed by atoms with Crippen molar-refractivity contribution < 1.29 is 5.32 Å². The van der Waals surface area contributed by atoms with Gasteiger partial charge in [0.05, 0.1) is 5.52 Å². The van der Waals surface area contributed by atoms with Crippen LogP contribution in [0.3, 0.4) is 0 Å². The number of nitrogens with two attached hydrogens (primary N) is 1. The number of nitrogens with zero attached hydrogens (tertiary/aromatic N) is 1. The molecule has 2 nitrogen and oxygen atoms in total. The fourth-order valence-corrected chi connectivity index (χ4v) is 3.29. The van der Waals surface area contributed by atoms with Crippen molar-refractivity contribution in [3.05, 3.63) is 70.9 Å². The molecular formula is C19H20ClN2S+. The highest BCUT2D eigenvalue weighted by molar-refractivity contribution is 7.98. The fourth-order valence-electron chi connectivity index (χ4n) is 2.63. The van der Waals surface area contributed by atoms with Gasteiger partial charge < -0.3 is 5.32 Å². The molecule has 4 heteroatoms. The van der Waals surface area contributed by atoms with Crippen LogP contribution in [0.4, 0.5) is 0 Å². The van der Waals surface area contributed by atoms with Crippen LogP contribution in [0, 0.1) is 0 Å². The van der Waals surface area contributed by atoms with E-state index < -0.39 is 0 Å². The molecule has 0 amide bonds. The van der Waals surface area contributed by atoms with Crippen LogP contribution in [0.25, 0.3) is 10.9 Å². The molecule has 2 aromatic carbocycles. The van der Waals surface area contributed by atoms with E-state index in [1.165, 1.54) is 10.5 Å². The molecule has 1 aromatic heterocycles. The zero-order chi connectivity index (χ0) is 16.2. The highest BCUT2D eigenvalue weighted by Crippen LogP contribution is 2.24. The van der Waals surface area contributed by atoms with E-state index in [-0.39, 0.29) is 0 Å². The lowest BCUT2D eigenvalue weighted by atomic mass is 10.1. The van der Waals surface area contributed by atoms with Gasteiger partial charge in [-0.15, -0.1) is 11.8 Å². The van der Waals surface area contributed by atoms with Gasteiger partial charge in [-0.05, 0) is 31.4 Å². The van der Waals surface area contributed by atoms with Crippen molar-refractivity contribution in [2.24, 2.45) is 0 Å². The third-order valence-corrected chi connectivity index (χ3v) is 5.12. The van der Waals surface area contributed by atoms with Gasteiger partial charge in [0.1, 0.15) is 17.7 Å². The Labute approximate surface area is 146 Å². The molecule has 2 N–H and O–H groups in total. The molecule has 0 radical (unpaired) electrons. The first-order valence-corrected chi connectivity index (χ1v) is 9.29. The zero-order valence-corrected chi connectivity index (χ0v) is 14.9. The average molecular weight is 344 g/mol. The zero-order valence-electron chi connectivity index (χ0n) is 13.3. The number of rotatable bonds is 5. The van der Waals surface area contributed by atoms with Crippen LogP contribution in [0.2, 0.25) is 5.15 Å². The molecule has 0 fully saturated rings. The Balaban J connectivity index is 1.79. The number of pyridine rings is 1. The summed E-state index contributed by atoms with van der Waals surface area (Å²) < 4.78 is 0. The number of thioether (sulfide) groups is 1. The lowest BCUT2D eigenvalue weighted by Crippen LogP contribution is -2.83. The summed E-state index contributed by atoms with van der Waals surface area (Å²) in [7, 11) is 0. The van der Waals surface area contributed by atoms with Gasteiger partial charge in [-0.1, -0.05) is 48.0 Å². The van der Waals surface area contributed by atoms with Crippen LogP contribution in [-0.4, -0.2) is 11.2 Å². The van der Waals surface area contributed by atoms with Crippen LogP contribution < -0.4 is 5.32 Å². The van der Waals surface area contributed by atoms with Crippen LogP contribution in [-0.2, 0) is 6.54 Å². The SMILES string of the molecule is CSc1ccc2cc(C[NH2+][C@H](C)c3ccccc3)c(Cl)nc2c1. The van der Waals surface area contributed by atoms with Gasteiger partial charge in [0.2, 0.25) is 0 Å². The molecule has 0 saturated carbocycles. The van der Waals surface area contributed by atoms with E-state index in [2.05, 4.69) is 72.0 Å². The molecule has 0 aliphatic carbocycles. The Morgan fingerprint density at radius 2 is 1.91 bits per heavy atom. The summed E-state index contributed by atoms with van der Waals surface area (Å²) in [6, 6.07) is 19.4. The quantitative estimate of drug-likeness (QED) is 0.548. The molecule has 1 atom stereocenters. The minimum Gasteiger partial charge on any atom is -0.336 e. The molecule has 0 saturated heterocycles. The Bertz CT molecular complexity index is 805. The van der Waals surface area contributed by atoms with Crippen molar-refractivity contribution in [3.8, 4) is 0 Å². The number of halogens is 1. The number of aromatic nitrogens is 1. The van der Waals surface area contributed by atoms with Crippen LogP contribution in [0.5, 0.6) is 0 Å². The number of hydrogen-bond donors (Lipinski definition) is 1. The topological polar surface area (TPSA) is 29.5 Å². The first-order valence-electron chi connectivity index (χ1n) is 7.69. The Morgan fingerprint density at radius 1 is 1.13 bits per heavy atom. The Kier molecular flexibility index (Phi) is 5.21. The van der Waals surface area contributed by atoms with Gasteiger partial charge in [-0.25, -0.2) is 4.98 Å². The summed E-state index contributed by atoms with van der Waals surface area (Å²) >= 11 is 8.11. The van der Waals surface area contributed by atoms with Crippen LogP contribution in [0.1, 0.15) is 24.1 Å². The highest BCUT2D eigenvalue weighted by Gasteiger charge is 2.11. The van der Waals surface area contributed by atoms with Gasteiger partial charge in [0.25, 0.3) is 0 Å². The van der Waals surface area contributed by atoms with Crippen molar-refractivity contribution >= 4 is 34.3 Å². The van der Waals surface area contributed by atoms with Gasteiger partial charge in [-0.2, -0.15) is 0 Å². The molecule has 118 valence electrons. The van der Waals surface area contributed by atoms with E-state index in [0.717, 1.165) is 23.0 Å². The van der Waals surface area contributed by atoms with Gasteiger partial charge in [0, 0.05) is 21.4 Å². The predicted octanol–water partition coefficient (Wildman–Crippen LogP) is 4.43. The Hall–Kier alpha value is -1.55. The van der Waals surface area contributed by atoms with Crippen molar-refractivity contribution in [1.29, 1.82) is 0 Å². The molecular weight excluding hydrogens is 324 g/mol. The normalized spacial score (nSPS) is 12.5. The lowest BCUT2D eigenvalue weighted by molar-refractivity contribution is -0.707. The average Bonchev–Trinajstić information content (AvgIpc) is 2.60. The lowest BCUT2D eigenvalue weighted by Gasteiger charge is -2.12. The maximum Gasteiger partial charge on any atom is 0.138 e. The number of fused-ring (bicyclic) bond motifs is 1. The second-order valence-electron chi connectivity index (χ2n) is 5.64. The van der Waals surface area contributed by atoms with E-state index in [4.69, 9.17) is 11.6 Å². The maximum atomic E-state index is 6.39. The molecule has 3 rings (SSSR count). The highest BCUT2D eigenvalue weighted by atomic mass is 35.5. The first kappa shape index (κ1) is 16.3. The van der Waals surface area contributed by atoms with E-state index >= 15 is 0 Å². The number of quaternary nitrogens is 1. The molecule has 0 bridgehead atoms. The third-order valence-electron chi connectivity index (χ3n) is 4.07. The summed E-state index contributed by atoms with van der Waals surface area (Å²) in [6.07, 6.45) is 2.07. The third kappa shape index (κ3) is 3.86. The molecule has 0 unspecified atom stereocenters. The minimum atomic E-state index is 0.391. The molecule has 3 aromatic rings. The second-order valence-corrected chi connectivity index (χ2v) is 6.87. The monoisotopic (exact) mass is 343 g/mol. The van der Waals surface area contributed by atoms with E-state index in [0.29, 0.717) is 11.2 Å². The largest absolute Gasteiger partial charge is 0.336 e. The smallest absolute Gasteiger partial charge is 0.138 e. The molecule has 0 spiro atoms. The first-order chi connectivity index (χ1) is 11.2. The summed E-state index contributed by atoms with van der Waals surface area (Å²) in [4.78, 5) is 5.77. The predicted molar refractivity (Wildman–Crippen MR) is 99.0 cm³/mol. The summed E-state index contributed by atoms with van der Waals surface area (Å²) in [5.74, 6) is 0. The summed E-state index contributed by atoms with van der Waals surface area (Å²) in [5.41, 5.74) is 3.36. The molecule has 0 aliphatic heterocycles. The summed E-state index contributed by atoms with van der Waals surface area (Å²) in [6.45, 7) is 3.03. The van der Waals surface area contributed by atoms with Gasteiger partial charge in [-0.3, -0.25) is 0 Å². The van der Waals surface area contributed by atoms with Crippen molar-refractivity contribution in [2.45, 2.75) is 24.4 Å². The van der Waals surface area contributed by atoms with Crippen molar-refractivity contribution in [2.75, 3.05) is 6.26 Å². The van der Waals surface area contributed by atoms with Crippen LogP contribution in [0.15, 0.2) is 59.5 Å². The standard InChI is InChI=1S/C19H19ClN2S/c1-13(14-6-4-3-5-7-14)21-12-16-10-15-8-9-17(23-2)11-18(15)22-19(16)20/h3-11,13,21H,12H2,1-2H3/p+1/t13-/m1/s1. The van der Waals surface area contributed by atoms with Crippen molar-refractivity contribution in [1.82, 2.24) is 4.98 Å². The van der Waals surface area contributed by atoms with Crippen molar-refractivity contribution in [3.63, 3.8) is 0 Å². The second kappa shape index (κ2) is 7.35. The molecule has 0 aliphatic rings. The van der Waals surface area contributed by atoms with E-state index in [9.17, 15) is 0 Å². The number of benzene rings is 2. The van der Waals surface area contributed by atoms with Gasteiger partial charge in [0.15, 0.2) is 0 Å². The molecule has 1 heterocycles. The summed E-state index contributed by atoms with van der Waals surface area (Å²) in [5, 5.41) is 4.04. The maximum absolute atomic E-state index is 6.39. The fraction of sp³-hybridized carbons (Fsp3) is 0.211. The number of hydrogen-bond acceptors (Lipinski definition) is 2. The molecule has 23 heavy (non-hydrogen) atoms. The van der Waals surface area contributed by atoms with E-state index in [1.807, 2.05) is 6.07 Å². The van der Waals surface area contributed by atoms with E-state index in [1.54, 1.807) is 11.8 Å². The van der Waals surface area contributed by atoms with Gasteiger partial charge >= 0.3 is 0 Å².